The van der Waals surface area contributed by atoms with E-state index in [1.54, 1.807) is 0 Å². The van der Waals surface area contributed by atoms with Crippen molar-refractivity contribution in [1.82, 2.24) is 0 Å². The van der Waals surface area contributed by atoms with Gasteiger partial charge in [0, 0.05) is 22.5 Å². The molecule has 3 nitrogen and oxygen atoms in total. The van der Waals surface area contributed by atoms with Gasteiger partial charge in [0.25, 0.3) is 0 Å². The van der Waals surface area contributed by atoms with E-state index >= 15 is 0 Å². The SMILES string of the molecule is CC.CC.CC1(C)c2ccccc2-c2ccc(N(c3ccc(B4OC(C)(C)C(C)(C)O4)cc3)c3ccc(-c4ccccc4)cc3)cc21. The predicted octanol–water partition coefficient (Wildman–Crippen LogP) is 11.5. The molecule has 2 aliphatic rings. The van der Waals surface area contributed by atoms with Crippen molar-refractivity contribution < 1.29 is 9.31 Å². The first kappa shape index (κ1) is 34.2. The summed E-state index contributed by atoms with van der Waals surface area (Å²) in [7, 11) is -0.392. The van der Waals surface area contributed by atoms with Crippen molar-refractivity contribution in [1.29, 1.82) is 0 Å². The van der Waals surface area contributed by atoms with Gasteiger partial charge in [-0.3, -0.25) is 0 Å². The minimum atomic E-state index is -0.392. The molecular formula is C43H50BNO2. The minimum Gasteiger partial charge on any atom is -0.399 e. The molecule has 1 aliphatic carbocycles. The van der Waals surface area contributed by atoms with E-state index in [4.69, 9.17) is 9.31 Å². The number of hydrogen-bond acceptors (Lipinski definition) is 3. The van der Waals surface area contributed by atoms with Gasteiger partial charge in [-0.25, -0.2) is 0 Å². The van der Waals surface area contributed by atoms with Crippen molar-refractivity contribution in [2.45, 2.75) is 85.9 Å². The van der Waals surface area contributed by atoms with Gasteiger partial charge in [-0.05, 0) is 103 Å². The highest BCUT2D eigenvalue weighted by Gasteiger charge is 2.51. The van der Waals surface area contributed by atoms with E-state index in [-0.39, 0.29) is 16.6 Å². The summed E-state index contributed by atoms with van der Waals surface area (Å²) < 4.78 is 12.7. The Morgan fingerprint density at radius 3 is 1.53 bits per heavy atom. The summed E-state index contributed by atoms with van der Waals surface area (Å²) in [5, 5.41) is 0. The van der Waals surface area contributed by atoms with E-state index in [0.29, 0.717) is 0 Å². The average Bonchev–Trinajstić information content (AvgIpc) is 3.47. The Bertz CT molecular complexity index is 1770. The first-order valence-electron chi connectivity index (χ1n) is 17.2. The van der Waals surface area contributed by atoms with Crippen LogP contribution in [0.3, 0.4) is 0 Å². The van der Waals surface area contributed by atoms with Crippen molar-refractivity contribution >= 4 is 29.6 Å². The topological polar surface area (TPSA) is 21.7 Å². The molecule has 1 aliphatic heterocycles. The van der Waals surface area contributed by atoms with Crippen LogP contribution in [0, 0.1) is 0 Å². The van der Waals surface area contributed by atoms with Gasteiger partial charge in [-0.1, -0.05) is 126 Å². The summed E-state index contributed by atoms with van der Waals surface area (Å²) in [5.41, 5.74) is 11.3. The fourth-order valence-electron chi connectivity index (χ4n) is 6.47. The molecule has 5 aromatic rings. The highest BCUT2D eigenvalue weighted by molar-refractivity contribution is 6.62. The lowest BCUT2D eigenvalue weighted by Crippen LogP contribution is -2.41. The Morgan fingerprint density at radius 1 is 0.468 bits per heavy atom. The molecule has 242 valence electrons. The van der Waals surface area contributed by atoms with E-state index in [0.717, 1.165) is 22.5 Å². The van der Waals surface area contributed by atoms with Gasteiger partial charge in [0.1, 0.15) is 0 Å². The molecule has 4 heteroatoms. The van der Waals surface area contributed by atoms with Crippen molar-refractivity contribution in [3.8, 4) is 22.3 Å². The summed E-state index contributed by atoms with van der Waals surface area (Å²) in [6, 6.07) is 43.8. The summed E-state index contributed by atoms with van der Waals surface area (Å²) in [4.78, 5) is 2.35. The third-order valence-electron chi connectivity index (χ3n) is 9.73. The number of hydrogen-bond donors (Lipinski definition) is 0. The van der Waals surface area contributed by atoms with Crippen molar-refractivity contribution in [2.24, 2.45) is 0 Å². The number of rotatable bonds is 5. The van der Waals surface area contributed by atoms with E-state index in [1.165, 1.54) is 33.4 Å². The number of anilines is 3. The van der Waals surface area contributed by atoms with Gasteiger partial charge < -0.3 is 14.2 Å². The molecular weight excluding hydrogens is 573 g/mol. The molecule has 0 bridgehead atoms. The largest absolute Gasteiger partial charge is 0.494 e. The van der Waals surface area contributed by atoms with Gasteiger partial charge in [0.15, 0.2) is 0 Å². The van der Waals surface area contributed by atoms with Gasteiger partial charge in [-0.15, -0.1) is 0 Å². The molecule has 0 radical (unpaired) electrons. The third-order valence-corrected chi connectivity index (χ3v) is 9.73. The van der Waals surface area contributed by atoms with Crippen molar-refractivity contribution in [3.63, 3.8) is 0 Å². The second kappa shape index (κ2) is 13.5. The molecule has 0 unspecified atom stereocenters. The second-order valence-electron chi connectivity index (χ2n) is 13.3. The highest BCUT2D eigenvalue weighted by atomic mass is 16.7. The lowest BCUT2D eigenvalue weighted by atomic mass is 9.79. The Hall–Kier alpha value is -4.12. The Labute approximate surface area is 283 Å². The normalized spacial score (nSPS) is 16.2. The predicted molar refractivity (Wildman–Crippen MR) is 203 cm³/mol. The van der Waals surface area contributed by atoms with Gasteiger partial charge in [0.05, 0.1) is 11.2 Å². The average molecular weight is 624 g/mol. The zero-order valence-corrected chi connectivity index (χ0v) is 29.9. The summed E-state index contributed by atoms with van der Waals surface area (Å²) in [5.74, 6) is 0. The minimum absolute atomic E-state index is 0.0780. The summed E-state index contributed by atoms with van der Waals surface area (Å²) in [6.07, 6.45) is 0. The molecule has 0 amide bonds. The molecule has 0 saturated carbocycles. The molecule has 0 atom stereocenters. The van der Waals surface area contributed by atoms with Gasteiger partial charge >= 0.3 is 7.12 Å². The van der Waals surface area contributed by atoms with Gasteiger partial charge in [0.2, 0.25) is 0 Å². The maximum Gasteiger partial charge on any atom is 0.494 e. The molecule has 0 N–H and O–H groups in total. The first-order valence-corrected chi connectivity index (χ1v) is 17.2. The zero-order chi connectivity index (χ0) is 34.0. The van der Waals surface area contributed by atoms with Crippen LogP contribution in [0.2, 0.25) is 0 Å². The smallest absolute Gasteiger partial charge is 0.399 e. The summed E-state index contributed by atoms with van der Waals surface area (Å²) >= 11 is 0. The van der Waals surface area contributed by atoms with Gasteiger partial charge in [-0.2, -0.15) is 0 Å². The maximum atomic E-state index is 6.34. The monoisotopic (exact) mass is 623 g/mol. The summed E-state index contributed by atoms with van der Waals surface area (Å²) in [6.45, 7) is 21.0. The van der Waals surface area contributed by atoms with Crippen LogP contribution in [0.1, 0.15) is 80.4 Å². The van der Waals surface area contributed by atoms with Crippen LogP contribution >= 0.6 is 0 Å². The van der Waals surface area contributed by atoms with Crippen LogP contribution in [0.5, 0.6) is 0 Å². The Balaban J connectivity index is 0.00000105. The maximum absolute atomic E-state index is 6.34. The van der Waals surface area contributed by atoms with Crippen LogP contribution in [0.15, 0.2) is 121 Å². The Morgan fingerprint density at radius 2 is 0.936 bits per heavy atom. The van der Waals surface area contributed by atoms with E-state index in [9.17, 15) is 0 Å². The van der Waals surface area contributed by atoms with Crippen molar-refractivity contribution in [2.75, 3.05) is 4.90 Å². The van der Waals surface area contributed by atoms with Crippen LogP contribution in [0.4, 0.5) is 17.1 Å². The van der Waals surface area contributed by atoms with Crippen molar-refractivity contribution in [3.05, 3.63) is 132 Å². The number of nitrogens with zero attached hydrogens (tertiary/aromatic N) is 1. The van der Waals surface area contributed by atoms with E-state index < -0.39 is 7.12 Å². The van der Waals surface area contributed by atoms with Crippen LogP contribution < -0.4 is 10.4 Å². The molecule has 0 spiro atoms. The fourth-order valence-corrected chi connectivity index (χ4v) is 6.47. The quantitative estimate of drug-likeness (QED) is 0.182. The molecule has 47 heavy (non-hydrogen) atoms. The molecule has 7 rings (SSSR count). The molecule has 5 aromatic carbocycles. The lowest BCUT2D eigenvalue weighted by Gasteiger charge is -2.32. The highest BCUT2D eigenvalue weighted by Crippen LogP contribution is 2.50. The van der Waals surface area contributed by atoms with E-state index in [1.807, 2.05) is 27.7 Å². The van der Waals surface area contributed by atoms with Crippen LogP contribution in [0.25, 0.3) is 22.3 Å². The Kier molecular flexibility index (Phi) is 9.87. The zero-order valence-electron chi connectivity index (χ0n) is 29.9. The molecule has 1 saturated heterocycles. The first-order chi connectivity index (χ1) is 22.5. The fraction of sp³-hybridized carbons (Fsp3) is 0.302. The number of fused-ring (bicyclic) bond motifs is 3. The molecule has 0 aromatic heterocycles. The molecule has 1 heterocycles. The van der Waals surface area contributed by atoms with Crippen LogP contribution in [-0.2, 0) is 14.7 Å². The second-order valence-corrected chi connectivity index (χ2v) is 13.3. The standard InChI is InChI=1S/C39H38BNO2.2C2H6/c1-37(2)35-15-11-10-14-33(35)34-25-24-32(26-36(34)37)41(30-20-16-28(17-21-30)27-12-8-7-9-13-27)31-22-18-29(19-23-31)40-42-38(3,4)39(5,6)43-40;2*1-2/h7-26H,1-6H3;2*1-2H3. The third kappa shape index (κ3) is 6.29. The molecule has 1 fully saturated rings. The van der Waals surface area contributed by atoms with Crippen LogP contribution in [-0.4, -0.2) is 18.3 Å². The number of benzene rings is 5. The van der Waals surface area contributed by atoms with E-state index in [2.05, 4.69) is 168 Å². The lowest BCUT2D eigenvalue weighted by molar-refractivity contribution is 0.00578.